The van der Waals surface area contributed by atoms with Gasteiger partial charge in [0.2, 0.25) is 0 Å². The molecule has 2 aromatic carbocycles. The van der Waals surface area contributed by atoms with E-state index in [1.165, 1.54) is 10.6 Å². The summed E-state index contributed by atoms with van der Waals surface area (Å²) in [4.78, 5) is 29.8. The van der Waals surface area contributed by atoms with Crippen molar-refractivity contribution in [2.45, 2.75) is 6.92 Å². The van der Waals surface area contributed by atoms with Crippen molar-refractivity contribution < 1.29 is 4.79 Å². The number of carbonyl (C=O) groups is 1. The largest absolute Gasteiger partial charge is 0.305 e. The molecule has 0 spiro atoms. The minimum absolute atomic E-state index is 0.247. The summed E-state index contributed by atoms with van der Waals surface area (Å²) in [6, 6.07) is 15.9. The summed E-state index contributed by atoms with van der Waals surface area (Å²) in [6.45, 7) is 1.67. The number of para-hydroxylation sites is 2. The van der Waals surface area contributed by atoms with E-state index >= 15 is 0 Å². The van der Waals surface area contributed by atoms with Crippen molar-refractivity contribution in [1.82, 2.24) is 20.2 Å². The molecular weight excluding hydrogens is 390 g/mol. The van der Waals surface area contributed by atoms with Crippen molar-refractivity contribution in [2.75, 3.05) is 0 Å². The highest BCUT2D eigenvalue weighted by Crippen LogP contribution is 2.17. The predicted octanol–water partition coefficient (Wildman–Crippen LogP) is 2.07. The topological polar surface area (TPSA) is 99.3 Å². The van der Waals surface area contributed by atoms with Gasteiger partial charge in [-0.25, -0.2) is 4.98 Å². The smallest absolute Gasteiger partial charge is 0.271 e. The number of carbonyl (C=O) groups excluding carboxylic acids is 1. The number of nitrogens with one attached hydrogen (secondary N) is 2. The van der Waals surface area contributed by atoms with Crippen molar-refractivity contribution in [1.29, 1.82) is 5.26 Å². The van der Waals surface area contributed by atoms with Gasteiger partial charge < -0.3 is 5.43 Å². The number of benzene rings is 2. The Labute approximate surface area is 169 Å². The molecule has 0 aliphatic carbocycles. The number of halogens is 1. The van der Waals surface area contributed by atoms with Gasteiger partial charge >= 0.3 is 0 Å². The maximum Gasteiger partial charge on any atom is 0.271 e. The first-order valence-electron chi connectivity index (χ1n) is 8.67. The summed E-state index contributed by atoms with van der Waals surface area (Å²) < 4.78 is 1.41. The third-order valence-electron chi connectivity index (χ3n) is 4.63. The minimum atomic E-state index is -0.452. The van der Waals surface area contributed by atoms with E-state index in [0.717, 1.165) is 0 Å². The highest BCUT2D eigenvalue weighted by Gasteiger charge is 2.16. The summed E-state index contributed by atoms with van der Waals surface area (Å²) >= 11 is 6.02. The molecule has 0 fully saturated rings. The molecule has 0 unspecified atom stereocenters. The number of aromatic nitrogens is 2. The van der Waals surface area contributed by atoms with E-state index in [-0.39, 0.29) is 10.8 Å². The van der Waals surface area contributed by atoms with Crippen LogP contribution in [0.15, 0.2) is 53.3 Å². The van der Waals surface area contributed by atoms with Crippen molar-refractivity contribution in [3.8, 4) is 6.07 Å². The Morgan fingerprint density at radius 2 is 1.93 bits per heavy atom. The minimum Gasteiger partial charge on any atom is -0.305 e. The van der Waals surface area contributed by atoms with E-state index in [4.69, 9.17) is 11.6 Å². The van der Waals surface area contributed by atoms with Crippen molar-refractivity contribution in [2.24, 2.45) is 0 Å². The first-order chi connectivity index (χ1) is 14.0. The number of rotatable bonds is 3. The summed E-state index contributed by atoms with van der Waals surface area (Å²) in [7, 11) is 0. The zero-order valence-corrected chi connectivity index (χ0v) is 16.0. The second-order valence-corrected chi connectivity index (χ2v) is 6.72. The quantitative estimate of drug-likeness (QED) is 0.510. The lowest BCUT2D eigenvalue weighted by atomic mass is 10.1. The van der Waals surface area contributed by atoms with E-state index < -0.39 is 5.91 Å². The molecule has 4 rings (SSSR count). The number of pyridine rings is 1. The summed E-state index contributed by atoms with van der Waals surface area (Å²) in [5.41, 5.74) is 7.39. The Kier molecular flexibility index (Phi) is 4.63. The highest BCUT2D eigenvalue weighted by molar-refractivity contribution is 6.33. The Morgan fingerprint density at radius 3 is 2.69 bits per heavy atom. The number of fused-ring (bicyclic) bond motifs is 3. The Hall–Kier alpha value is -3.89. The average Bonchev–Trinajstić information content (AvgIpc) is 3.10. The lowest BCUT2D eigenvalue weighted by Crippen LogP contribution is -2.40. The Bertz CT molecular complexity index is 1440. The second-order valence-electron chi connectivity index (χ2n) is 6.31. The van der Waals surface area contributed by atoms with E-state index in [1.54, 1.807) is 49.4 Å². The summed E-state index contributed by atoms with van der Waals surface area (Å²) in [5, 5.41) is 10.2. The van der Waals surface area contributed by atoms with Gasteiger partial charge in [0.05, 0.1) is 32.4 Å². The van der Waals surface area contributed by atoms with Crippen LogP contribution in [-0.2, 0) is 0 Å². The van der Waals surface area contributed by atoms with Crippen LogP contribution in [0.3, 0.4) is 0 Å². The molecule has 7 nitrogen and oxygen atoms in total. The van der Waals surface area contributed by atoms with Gasteiger partial charge in [-0.1, -0.05) is 35.9 Å². The van der Waals surface area contributed by atoms with E-state index in [2.05, 4.69) is 21.9 Å². The molecule has 0 bridgehead atoms. The molecule has 142 valence electrons. The molecule has 2 heterocycles. The number of nitrogens with zero attached hydrogens (tertiary/aromatic N) is 3. The van der Waals surface area contributed by atoms with Crippen LogP contribution in [0.1, 0.15) is 21.5 Å². The van der Waals surface area contributed by atoms with Crippen LogP contribution in [0, 0.1) is 18.3 Å². The van der Waals surface area contributed by atoms with Gasteiger partial charge in [0.15, 0.2) is 5.65 Å². The standard InChI is InChI=1S/C21H14ClN5O2/c1-12-14(10-23)19-25-17-8-4-5-9-18(17)27(19)21(29)15(12)11-24-26-20(28)13-6-2-3-7-16(13)22/h2-9,11,24H,1H3,(H,26,28). The molecule has 0 aliphatic heterocycles. The van der Waals surface area contributed by atoms with E-state index in [0.29, 0.717) is 38.4 Å². The molecule has 0 aliphatic rings. The SMILES string of the molecule is Cc1c(C#N)c2nc3ccccc3n2c(=O)c1=CNNC(=O)c1ccccc1Cl. The Balaban J connectivity index is 1.80. The average molecular weight is 404 g/mol. The van der Waals surface area contributed by atoms with Gasteiger partial charge in [0.25, 0.3) is 11.5 Å². The van der Waals surface area contributed by atoms with Gasteiger partial charge in [-0.2, -0.15) is 5.26 Å². The number of amides is 1. The molecule has 0 radical (unpaired) electrons. The van der Waals surface area contributed by atoms with Crippen LogP contribution in [-0.4, -0.2) is 15.3 Å². The molecular formula is C21H14ClN5O2. The fourth-order valence-corrected chi connectivity index (χ4v) is 3.39. The number of nitriles is 1. The van der Waals surface area contributed by atoms with Crippen molar-refractivity contribution in [3.05, 3.63) is 85.8 Å². The van der Waals surface area contributed by atoms with Gasteiger partial charge in [-0.05, 0) is 36.8 Å². The number of imidazole rings is 1. The fourth-order valence-electron chi connectivity index (χ4n) is 3.17. The molecule has 29 heavy (non-hydrogen) atoms. The first-order valence-corrected chi connectivity index (χ1v) is 9.05. The summed E-state index contributed by atoms with van der Waals surface area (Å²) in [5.74, 6) is -0.452. The number of hydrazine groups is 1. The number of hydrogen-bond acceptors (Lipinski definition) is 5. The van der Waals surface area contributed by atoms with Crippen LogP contribution < -0.4 is 21.6 Å². The van der Waals surface area contributed by atoms with E-state index in [1.807, 2.05) is 6.07 Å². The molecule has 4 aromatic rings. The maximum atomic E-state index is 13.1. The fraction of sp³-hybridized carbons (Fsp3) is 0.0476. The van der Waals surface area contributed by atoms with Gasteiger partial charge in [0.1, 0.15) is 6.07 Å². The van der Waals surface area contributed by atoms with Crippen molar-refractivity contribution >= 4 is 40.4 Å². The Morgan fingerprint density at radius 1 is 1.21 bits per heavy atom. The third kappa shape index (κ3) is 3.06. The lowest BCUT2D eigenvalue weighted by Gasteiger charge is -2.07. The van der Waals surface area contributed by atoms with Gasteiger partial charge in [0, 0.05) is 6.20 Å². The molecule has 0 saturated carbocycles. The van der Waals surface area contributed by atoms with Gasteiger partial charge in [-0.3, -0.25) is 19.4 Å². The van der Waals surface area contributed by atoms with Crippen LogP contribution >= 0.6 is 11.6 Å². The molecule has 8 heteroatoms. The zero-order valence-electron chi connectivity index (χ0n) is 15.2. The van der Waals surface area contributed by atoms with Gasteiger partial charge in [-0.15, -0.1) is 0 Å². The highest BCUT2D eigenvalue weighted by atomic mass is 35.5. The maximum absolute atomic E-state index is 13.1. The zero-order chi connectivity index (χ0) is 20.5. The predicted molar refractivity (Wildman–Crippen MR) is 110 cm³/mol. The van der Waals surface area contributed by atoms with Crippen molar-refractivity contribution in [3.63, 3.8) is 0 Å². The number of hydrogen-bond donors (Lipinski definition) is 2. The van der Waals surface area contributed by atoms with Crippen LogP contribution in [0.25, 0.3) is 22.9 Å². The lowest BCUT2D eigenvalue weighted by molar-refractivity contribution is 0.0943. The van der Waals surface area contributed by atoms with Crippen LogP contribution in [0.2, 0.25) is 5.02 Å². The molecule has 2 aromatic heterocycles. The van der Waals surface area contributed by atoms with Crippen LogP contribution in [0.5, 0.6) is 0 Å². The molecule has 0 saturated heterocycles. The first kappa shape index (κ1) is 18.5. The van der Waals surface area contributed by atoms with E-state index in [9.17, 15) is 14.9 Å². The molecule has 2 N–H and O–H groups in total. The molecule has 0 atom stereocenters. The second kappa shape index (κ2) is 7.26. The normalized spacial score (nSPS) is 11.6. The molecule has 1 amide bonds. The third-order valence-corrected chi connectivity index (χ3v) is 4.96. The van der Waals surface area contributed by atoms with Crippen LogP contribution in [0.4, 0.5) is 0 Å². The monoisotopic (exact) mass is 403 g/mol. The summed E-state index contributed by atoms with van der Waals surface area (Å²) in [6.07, 6.45) is 1.36.